The van der Waals surface area contributed by atoms with Crippen LogP contribution in [0.5, 0.6) is 0 Å². The van der Waals surface area contributed by atoms with Gasteiger partial charge in [0.1, 0.15) is 6.29 Å². The Labute approximate surface area is 141 Å². The Balaban J connectivity index is 2.23. The molecule has 1 heterocycles. The second-order valence-corrected chi connectivity index (χ2v) is 6.40. The lowest BCUT2D eigenvalue weighted by atomic mass is 10.0. The molecule has 1 aromatic heterocycles. The third kappa shape index (κ3) is 2.68. The van der Waals surface area contributed by atoms with Gasteiger partial charge in [-0.1, -0.05) is 49.0 Å². The number of aromatic nitrogens is 3. The fraction of sp³-hybridized carbons (Fsp3) is 0.188. The molecule has 2 aromatic carbocycles. The third-order valence-corrected chi connectivity index (χ3v) is 4.83. The molecule has 0 bridgehead atoms. The molecule has 0 spiro atoms. The molecule has 6 heteroatoms. The van der Waals surface area contributed by atoms with Gasteiger partial charge in [-0.2, -0.15) is 0 Å². The van der Waals surface area contributed by atoms with Gasteiger partial charge in [-0.15, -0.1) is 10.2 Å². The number of fused-ring (bicyclic) bond motifs is 1. The Hall–Kier alpha value is -1.66. The van der Waals surface area contributed by atoms with Gasteiger partial charge in [-0.05, 0) is 39.4 Å². The largest absolute Gasteiger partial charge is 0.302 e. The van der Waals surface area contributed by atoms with E-state index >= 15 is 0 Å². The molecular formula is C16H14BrN3OS. The summed E-state index contributed by atoms with van der Waals surface area (Å²) in [7, 11) is 0. The van der Waals surface area contributed by atoms with Gasteiger partial charge in [-0.25, -0.2) is 0 Å². The summed E-state index contributed by atoms with van der Waals surface area (Å²) in [5.74, 6) is 0.357. The molecule has 0 aliphatic rings. The second-order valence-electron chi connectivity index (χ2n) is 4.71. The quantitative estimate of drug-likeness (QED) is 0.498. The Morgan fingerprint density at radius 3 is 2.68 bits per heavy atom. The normalized spacial score (nSPS) is 11.0. The number of thioether (sulfide) groups is 1. The number of benzene rings is 2. The number of carbonyl (C=O) groups is 1. The monoisotopic (exact) mass is 375 g/mol. The van der Waals surface area contributed by atoms with E-state index < -0.39 is 0 Å². The zero-order valence-electron chi connectivity index (χ0n) is 12.0. The molecule has 0 unspecified atom stereocenters. The Morgan fingerprint density at radius 1 is 1.18 bits per heavy atom. The lowest BCUT2D eigenvalue weighted by Gasteiger charge is -2.13. The van der Waals surface area contributed by atoms with Crippen LogP contribution in [0.1, 0.15) is 12.5 Å². The first-order valence-corrected chi connectivity index (χ1v) is 8.72. The van der Waals surface area contributed by atoms with Crippen LogP contribution in [0.25, 0.3) is 16.5 Å². The van der Waals surface area contributed by atoms with Gasteiger partial charge in [0.2, 0.25) is 4.73 Å². The third-order valence-electron chi connectivity index (χ3n) is 3.49. The minimum atomic E-state index is 0.357. The van der Waals surface area contributed by atoms with Crippen LogP contribution in [0, 0.1) is 0 Å². The number of halogens is 1. The molecule has 4 nitrogen and oxygen atoms in total. The highest BCUT2D eigenvalue weighted by Crippen LogP contribution is 2.31. The first-order chi connectivity index (χ1) is 10.8. The van der Waals surface area contributed by atoms with E-state index in [0.29, 0.717) is 15.6 Å². The van der Waals surface area contributed by atoms with Crippen LogP contribution in [-0.2, 0) is 11.2 Å². The minimum Gasteiger partial charge on any atom is -0.302 e. The summed E-state index contributed by atoms with van der Waals surface area (Å²) in [4.78, 5) is 10.6. The molecule has 0 N–H and O–H groups in total. The molecule has 3 rings (SSSR count). The highest BCUT2D eigenvalue weighted by Gasteiger charge is 2.15. The van der Waals surface area contributed by atoms with Crippen molar-refractivity contribution in [3.8, 4) is 5.69 Å². The number of hydrogen-bond donors (Lipinski definition) is 0. The summed E-state index contributed by atoms with van der Waals surface area (Å²) in [5, 5.41) is 11.3. The highest BCUT2D eigenvalue weighted by atomic mass is 79.9. The predicted octanol–water partition coefficient (Wildman–Crippen LogP) is 4.04. The lowest BCUT2D eigenvalue weighted by Crippen LogP contribution is -2.00. The van der Waals surface area contributed by atoms with Crippen LogP contribution in [0.15, 0.2) is 46.3 Å². The van der Waals surface area contributed by atoms with Crippen LogP contribution in [0.2, 0.25) is 0 Å². The van der Waals surface area contributed by atoms with Crippen molar-refractivity contribution in [2.45, 2.75) is 18.5 Å². The van der Waals surface area contributed by atoms with Crippen LogP contribution >= 0.6 is 27.7 Å². The summed E-state index contributed by atoms with van der Waals surface area (Å²) in [6.07, 6.45) is 1.85. The standard InChI is InChI=1S/C16H14BrN3OS/c1-2-11-7-8-14(13-6-4-3-5-12(11)13)20-15(17)18-19-16(20)22-10-9-21/h3-9H,2,10H2,1H3. The maximum atomic E-state index is 10.6. The average molecular weight is 376 g/mol. The second kappa shape index (κ2) is 6.62. The van der Waals surface area contributed by atoms with Crippen molar-refractivity contribution in [1.29, 1.82) is 0 Å². The summed E-state index contributed by atoms with van der Waals surface area (Å²) in [6.45, 7) is 2.15. The van der Waals surface area contributed by atoms with Crippen molar-refractivity contribution >= 4 is 44.8 Å². The number of aldehydes is 1. The Morgan fingerprint density at radius 2 is 1.95 bits per heavy atom. The average Bonchev–Trinajstić information content (AvgIpc) is 2.92. The smallest absolute Gasteiger partial charge is 0.205 e. The fourth-order valence-corrected chi connectivity index (χ4v) is 3.69. The fourth-order valence-electron chi connectivity index (χ4n) is 2.51. The van der Waals surface area contributed by atoms with Crippen LogP contribution in [0.3, 0.4) is 0 Å². The molecule has 0 radical (unpaired) electrons. The highest BCUT2D eigenvalue weighted by molar-refractivity contribution is 9.10. The van der Waals surface area contributed by atoms with E-state index in [2.05, 4.69) is 63.4 Å². The van der Waals surface area contributed by atoms with Gasteiger partial charge in [0, 0.05) is 5.39 Å². The molecule has 0 aliphatic heterocycles. The van der Waals surface area contributed by atoms with E-state index in [4.69, 9.17) is 0 Å². The topological polar surface area (TPSA) is 47.8 Å². The van der Waals surface area contributed by atoms with E-state index in [-0.39, 0.29) is 0 Å². The summed E-state index contributed by atoms with van der Waals surface area (Å²) in [5.41, 5.74) is 2.32. The van der Waals surface area contributed by atoms with Gasteiger partial charge in [0.25, 0.3) is 0 Å². The van der Waals surface area contributed by atoms with Crippen molar-refractivity contribution < 1.29 is 4.79 Å². The SMILES string of the molecule is CCc1ccc(-n2c(Br)nnc2SCC=O)c2ccccc12. The summed E-state index contributed by atoms with van der Waals surface area (Å²) < 4.78 is 2.57. The minimum absolute atomic E-state index is 0.357. The first kappa shape index (κ1) is 15.2. The molecule has 0 fully saturated rings. The Kier molecular flexibility index (Phi) is 4.59. The van der Waals surface area contributed by atoms with E-state index in [1.54, 1.807) is 0 Å². The lowest BCUT2D eigenvalue weighted by molar-refractivity contribution is -0.105. The van der Waals surface area contributed by atoms with E-state index in [9.17, 15) is 4.79 Å². The van der Waals surface area contributed by atoms with Crippen LogP contribution < -0.4 is 0 Å². The molecular weight excluding hydrogens is 362 g/mol. The van der Waals surface area contributed by atoms with Crippen molar-refractivity contribution in [3.05, 3.63) is 46.7 Å². The molecule has 0 atom stereocenters. The molecule has 22 heavy (non-hydrogen) atoms. The molecule has 112 valence electrons. The molecule has 0 saturated carbocycles. The van der Waals surface area contributed by atoms with Crippen LogP contribution in [-0.4, -0.2) is 26.8 Å². The summed E-state index contributed by atoms with van der Waals surface area (Å²) in [6, 6.07) is 12.5. The zero-order valence-corrected chi connectivity index (χ0v) is 14.4. The maximum absolute atomic E-state index is 10.6. The van der Waals surface area contributed by atoms with Crippen molar-refractivity contribution in [2.75, 3.05) is 5.75 Å². The molecule has 0 aliphatic carbocycles. The van der Waals surface area contributed by atoms with Gasteiger partial charge in [0.05, 0.1) is 11.4 Å². The zero-order chi connectivity index (χ0) is 15.5. The maximum Gasteiger partial charge on any atom is 0.205 e. The van der Waals surface area contributed by atoms with Crippen molar-refractivity contribution in [2.24, 2.45) is 0 Å². The van der Waals surface area contributed by atoms with Gasteiger partial charge in [0.15, 0.2) is 5.16 Å². The molecule has 0 amide bonds. The number of carbonyl (C=O) groups excluding carboxylic acids is 1. The van der Waals surface area contributed by atoms with Crippen molar-refractivity contribution in [3.63, 3.8) is 0 Å². The van der Waals surface area contributed by atoms with E-state index in [1.807, 2.05) is 10.6 Å². The number of hydrogen-bond acceptors (Lipinski definition) is 4. The van der Waals surface area contributed by atoms with Crippen LogP contribution in [0.4, 0.5) is 0 Å². The predicted molar refractivity (Wildman–Crippen MR) is 92.7 cm³/mol. The number of rotatable bonds is 5. The van der Waals surface area contributed by atoms with Crippen molar-refractivity contribution in [1.82, 2.24) is 14.8 Å². The van der Waals surface area contributed by atoms with Gasteiger partial charge < -0.3 is 4.79 Å². The van der Waals surface area contributed by atoms with Gasteiger partial charge in [-0.3, -0.25) is 4.57 Å². The van der Waals surface area contributed by atoms with E-state index in [0.717, 1.165) is 23.8 Å². The Bertz CT molecular complexity index is 831. The van der Waals surface area contributed by atoms with E-state index in [1.165, 1.54) is 22.7 Å². The first-order valence-electron chi connectivity index (χ1n) is 6.94. The van der Waals surface area contributed by atoms with Gasteiger partial charge >= 0.3 is 0 Å². The molecule has 3 aromatic rings. The number of nitrogens with zero attached hydrogens (tertiary/aromatic N) is 3. The number of aryl methyl sites for hydroxylation is 1. The summed E-state index contributed by atoms with van der Waals surface area (Å²) >= 11 is 4.83. The molecule has 0 saturated heterocycles.